The third kappa shape index (κ3) is 5.78. The molecule has 1 N–H and O–H groups in total. The molecule has 0 aliphatic carbocycles. The van der Waals surface area contributed by atoms with Gasteiger partial charge in [0.25, 0.3) is 15.9 Å². The average Bonchev–Trinajstić information content (AvgIpc) is 3.11. The predicted molar refractivity (Wildman–Crippen MR) is 144 cm³/mol. The van der Waals surface area contributed by atoms with Gasteiger partial charge in [-0.2, -0.15) is 0 Å². The first-order valence-corrected chi connectivity index (χ1v) is 13.9. The van der Waals surface area contributed by atoms with E-state index in [1.807, 2.05) is 61.5 Å². The summed E-state index contributed by atoms with van der Waals surface area (Å²) >= 11 is 0. The summed E-state index contributed by atoms with van der Waals surface area (Å²) in [7, 11) is -2.41. The molecule has 3 aromatic carbocycles. The summed E-state index contributed by atoms with van der Waals surface area (Å²) in [5.41, 5.74) is 2.97. The Balaban J connectivity index is 1.54. The summed E-state index contributed by atoms with van der Waals surface area (Å²) in [6, 6.07) is 22.5. The number of hydrogen-bond acceptors (Lipinski definition) is 5. The van der Waals surface area contributed by atoms with Gasteiger partial charge in [0.05, 0.1) is 5.56 Å². The van der Waals surface area contributed by atoms with Crippen molar-refractivity contribution in [3.63, 3.8) is 0 Å². The minimum atomic E-state index is -3.95. The summed E-state index contributed by atoms with van der Waals surface area (Å²) in [6.45, 7) is 2.06. The Morgan fingerprint density at radius 1 is 0.947 bits per heavy atom. The Kier molecular flexibility index (Phi) is 8.26. The van der Waals surface area contributed by atoms with Gasteiger partial charge in [0.2, 0.25) is 11.8 Å². The molecule has 8 nitrogen and oxygen atoms in total. The Morgan fingerprint density at radius 3 is 2.32 bits per heavy atom. The van der Waals surface area contributed by atoms with Crippen molar-refractivity contribution >= 4 is 27.7 Å². The van der Waals surface area contributed by atoms with Gasteiger partial charge in [-0.3, -0.25) is 14.4 Å². The molecule has 0 saturated heterocycles. The number of rotatable bonds is 10. The Morgan fingerprint density at radius 2 is 1.63 bits per heavy atom. The van der Waals surface area contributed by atoms with E-state index in [2.05, 4.69) is 5.32 Å². The summed E-state index contributed by atoms with van der Waals surface area (Å²) in [5.74, 6) is -1.17. The lowest BCUT2D eigenvalue weighted by Gasteiger charge is -2.31. The summed E-state index contributed by atoms with van der Waals surface area (Å²) in [4.78, 5) is 40.9. The van der Waals surface area contributed by atoms with Crippen molar-refractivity contribution in [3.8, 4) is 0 Å². The Labute approximate surface area is 223 Å². The first kappa shape index (κ1) is 27.1. The number of benzene rings is 3. The highest BCUT2D eigenvalue weighted by Gasteiger charge is 2.40. The topological polar surface area (TPSA) is 104 Å². The van der Waals surface area contributed by atoms with E-state index in [1.54, 1.807) is 17.0 Å². The van der Waals surface area contributed by atoms with Gasteiger partial charge >= 0.3 is 0 Å². The number of aryl methyl sites for hydroxylation is 1. The third-order valence-corrected chi connectivity index (χ3v) is 8.46. The lowest BCUT2D eigenvalue weighted by atomic mass is 10.0. The monoisotopic (exact) mass is 533 g/mol. The number of likely N-dealkylation sites (N-methyl/N-ethyl adjacent to an activating group) is 1. The Bertz CT molecular complexity index is 1440. The molecule has 1 atom stereocenters. The molecule has 0 bridgehead atoms. The van der Waals surface area contributed by atoms with Gasteiger partial charge in [-0.15, -0.1) is 0 Å². The number of carbonyl (C=O) groups is 3. The lowest BCUT2D eigenvalue weighted by molar-refractivity contribution is -0.141. The summed E-state index contributed by atoms with van der Waals surface area (Å²) < 4.78 is 26.6. The van der Waals surface area contributed by atoms with E-state index in [-0.39, 0.29) is 48.2 Å². The van der Waals surface area contributed by atoms with Gasteiger partial charge in [0.1, 0.15) is 10.9 Å². The van der Waals surface area contributed by atoms with Crippen molar-refractivity contribution in [2.75, 3.05) is 13.6 Å². The van der Waals surface area contributed by atoms with E-state index >= 15 is 0 Å². The van der Waals surface area contributed by atoms with E-state index in [9.17, 15) is 22.8 Å². The minimum Gasteiger partial charge on any atom is -0.357 e. The van der Waals surface area contributed by atoms with Crippen LogP contribution in [0.3, 0.4) is 0 Å². The van der Waals surface area contributed by atoms with E-state index in [1.165, 1.54) is 19.2 Å². The standard InChI is InChI=1S/C29H31N3O5S/c1-21-10-8-13-23(18-21)20-31(25(28(34)30-2)19-22-11-4-3-5-12-22)27(33)16-9-17-32-29(35)24-14-6-7-15-26(24)38(32,36)37/h3-8,10-15,18,25H,9,16-17,19-20H2,1-2H3,(H,30,34)/t25-/m0/s1. The maximum atomic E-state index is 13.6. The molecule has 0 saturated carbocycles. The van der Waals surface area contributed by atoms with Crippen LogP contribution in [-0.4, -0.2) is 55.0 Å². The van der Waals surface area contributed by atoms with E-state index in [0.29, 0.717) is 6.42 Å². The molecule has 3 aromatic rings. The fourth-order valence-corrected chi connectivity index (χ4v) is 6.30. The highest BCUT2D eigenvalue weighted by molar-refractivity contribution is 7.90. The zero-order chi connectivity index (χ0) is 27.3. The maximum Gasteiger partial charge on any atom is 0.269 e. The normalized spacial score (nSPS) is 14.6. The van der Waals surface area contributed by atoms with Crippen LogP contribution in [0.2, 0.25) is 0 Å². The molecule has 1 aliphatic heterocycles. The number of fused-ring (bicyclic) bond motifs is 1. The van der Waals surface area contributed by atoms with E-state index in [0.717, 1.165) is 21.0 Å². The molecule has 38 heavy (non-hydrogen) atoms. The van der Waals surface area contributed by atoms with Crippen LogP contribution in [0.1, 0.15) is 39.9 Å². The zero-order valence-corrected chi connectivity index (χ0v) is 22.3. The molecule has 1 aliphatic rings. The van der Waals surface area contributed by atoms with Crippen molar-refractivity contribution in [1.29, 1.82) is 0 Å². The van der Waals surface area contributed by atoms with Crippen LogP contribution in [-0.2, 0) is 32.6 Å². The zero-order valence-electron chi connectivity index (χ0n) is 21.5. The van der Waals surface area contributed by atoms with Crippen molar-refractivity contribution in [2.24, 2.45) is 0 Å². The second-order valence-electron chi connectivity index (χ2n) is 9.31. The summed E-state index contributed by atoms with van der Waals surface area (Å²) in [5, 5.41) is 2.68. The molecule has 198 valence electrons. The van der Waals surface area contributed by atoms with Gasteiger partial charge in [-0.25, -0.2) is 12.7 Å². The predicted octanol–water partition coefficient (Wildman–Crippen LogP) is 3.31. The Hall–Kier alpha value is -3.98. The van der Waals surface area contributed by atoms with Crippen LogP contribution in [0.25, 0.3) is 0 Å². The number of hydrogen-bond donors (Lipinski definition) is 1. The van der Waals surface area contributed by atoms with Crippen LogP contribution in [0.4, 0.5) is 0 Å². The van der Waals surface area contributed by atoms with Crippen molar-refractivity contribution < 1.29 is 22.8 Å². The molecule has 4 rings (SSSR count). The van der Waals surface area contributed by atoms with Crippen LogP contribution in [0, 0.1) is 6.92 Å². The van der Waals surface area contributed by atoms with Gasteiger partial charge in [0.15, 0.2) is 0 Å². The van der Waals surface area contributed by atoms with Gasteiger partial charge in [-0.1, -0.05) is 72.3 Å². The van der Waals surface area contributed by atoms with Crippen molar-refractivity contribution in [2.45, 2.75) is 43.7 Å². The second kappa shape index (κ2) is 11.6. The number of carbonyl (C=O) groups excluding carboxylic acids is 3. The third-order valence-electron chi connectivity index (χ3n) is 6.62. The first-order valence-electron chi connectivity index (χ1n) is 12.5. The van der Waals surface area contributed by atoms with Gasteiger partial charge in [0, 0.05) is 33.0 Å². The molecule has 9 heteroatoms. The molecule has 0 aromatic heterocycles. The molecule has 3 amide bonds. The number of amides is 3. The minimum absolute atomic E-state index is 0.0139. The van der Waals surface area contributed by atoms with Gasteiger partial charge < -0.3 is 10.2 Å². The van der Waals surface area contributed by atoms with Crippen molar-refractivity contribution in [3.05, 3.63) is 101 Å². The van der Waals surface area contributed by atoms with Gasteiger partial charge in [-0.05, 0) is 36.6 Å². The molecule has 0 radical (unpaired) electrons. The first-order chi connectivity index (χ1) is 18.2. The molecule has 1 heterocycles. The van der Waals surface area contributed by atoms with Crippen LogP contribution >= 0.6 is 0 Å². The van der Waals surface area contributed by atoms with Crippen LogP contribution < -0.4 is 5.32 Å². The lowest BCUT2D eigenvalue weighted by Crippen LogP contribution is -2.49. The van der Waals surface area contributed by atoms with E-state index < -0.39 is 22.0 Å². The maximum absolute atomic E-state index is 13.6. The molecule has 0 unspecified atom stereocenters. The SMILES string of the molecule is CNC(=O)[C@H](Cc1ccccc1)N(Cc1cccc(C)c1)C(=O)CCCN1C(=O)c2ccccc2S1(=O)=O. The average molecular weight is 534 g/mol. The molecule has 0 spiro atoms. The highest BCUT2D eigenvalue weighted by Crippen LogP contribution is 2.30. The fourth-order valence-electron chi connectivity index (χ4n) is 4.70. The second-order valence-corrected chi connectivity index (χ2v) is 11.1. The fraction of sp³-hybridized carbons (Fsp3) is 0.276. The quantitative estimate of drug-likeness (QED) is 0.431. The van der Waals surface area contributed by atoms with Crippen LogP contribution in [0.15, 0.2) is 83.8 Å². The van der Waals surface area contributed by atoms with Crippen LogP contribution in [0.5, 0.6) is 0 Å². The highest BCUT2D eigenvalue weighted by atomic mass is 32.2. The molecular weight excluding hydrogens is 502 g/mol. The van der Waals surface area contributed by atoms with E-state index in [4.69, 9.17) is 0 Å². The number of nitrogens with zero attached hydrogens (tertiary/aromatic N) is 2. The summed E-state index contributed by atoms with van der Waals surface area (Å²) in [6.07, 6.45) is 0.435. The molecular formula is C29H31N3O5S. The number of nitrogens with one attached hydrogen (secondary N) is 1. The van der Waals surface area contributed by atoms with Crippen molar-refractivity contribution in [1.82, 2.24) is 14.5 Å². The smallest absolute Gasteiger partial charge is 0.269 e. The number of sulfonamides is 1. The largest absolute Gasteiger partial charge is 0.357 e. The molecule has 0 fully saturated rings.